The fraction of sp³-hybridized carbons (Fsp3) is 1.00. The molecule has 1 spiro atoms. The van der Waals surface area contributed by atoms with Gasteiger partial charge in [-0.3, -0.25) is 0 Å². The highest BCUT2D eigenvalue weighted by molar-refractivity contribution is 4.93. The summed E-state index contributed by atoms with van der Waals surface area (Å²) in [6, 6.07) is 0.300. The summed E-state index contributed by atoms with van der Waals surface area (Å²) in [7, 11) is 0. The van der Waals surface area contributed by atoms with Crippen molar-refractivity contribution in [1.82, 2.24) is 5.32 Å². The van der Waals surface area contributed by atoms with Crippen molar-refractivity contribution < 1.29 is 23.0 Å². The molecule has 0 aromatic heterocycles. The van der Waals surface area contributed by atoms with Crippen molar-refractivity contribution in [2.45, 2.75) is 50.7 Å². The van der Waals surface area contributed by atoms with Gasteiger partial charge in [-0.2, -0.15) is 0 Å². The van der Waals surface area contributed by atoms with Crippen LogP contribution in [0.3, 0.4) is 0 Å². The van der Waals surface area contributed by atoms with Gasteiger partial charge in [0.05, 0.1) is 12.2 Å². The molecule has 0 aromatic carbocycles. The third kappa shape index (κ3) is 5.13. The quantitative estimate of drug-likeness (QED) is 0.698. The number of halogens is 2. The Bertz CT molecular complexity index is 299. The van der Waals surface area contributed by atoms with Crippen molar-refractivity contribution in [3.63, 3.8) is 0 Å². The van der Waals surface area contributed by atoms with Crippen LogP contribution in [0.25, 0.3) is 0 Å². The molecule has 2 aliphatic heterocycles. The maximum absolute atomic E-state index is 12.1. The zero-order valence-electron chi connectivity index (χ0n) is 12.8. The predicted molar refractivity (Wildman–Crippen MR) is 75.7 cm³/mol. The lowest BCUT2D eigenvalue weighted by atomic mass is 9.80. The van der Waals surface area contributed by atoms with Crippen LogP contribution in [0.15, 0.2) is 0 Å². The summed E-state index contributed by atoms with van der Waals surface area (Å²) in [6.07, 6.45) is 1.34. The van der Waals surface area contributed by atoms with Crippen LogP contribution in [0.5, 0.6) is 0 Å². The van der Waals surface area contributed by atoms with Crippen molar-refractivity contribution in [2.75, 3.05) is 39.6 Å². The summed E-state index contributed by atoms with van der Waals surface area (Å²) >= 11 is 0. The molecule has 0 amide bonds. The highest BCUT2D eigenvalue weighted by Gasteiger charge is 2.42. The van der Waals surface area contributed by atoms with Gasteiger partial charge < -0.3 is 19.5 Å². The van der Waals surface area contributed by atoms with Crippen LogP contribution < -0.4 is 5.32 Å². The highest BCUT2D eigenvalue weighted by atomic mass is 19.3. The van der Waals surface area contributed by atoms with Crippen LogP contribution in [0.4, 0.5) is 8.78 Å². The lowest BCUT2D eigenvalue weighted by molar-refractivity contribution is -0.104. The third-order valence-electron chi connectivity index (χ3n) is 4.45. The van der Waals surface area contributed by atoms with E-state index in [0.29, 0.717) is 25.2 Å². The van der Waals surface area contributed by atoms with E-state index in [-0.39, 0.29) is 5.60 Å². The van der Waals surface area contributed by atoms with Gasteiger partial charge >= 0.3 is 0 Å². The Morgan fingerprint density at radius 1 is 1.38 bits per heavy atom. The minimum absolute atomic E-state index is 0.111. The topological polar surface area (TPSA) is 39.7 Å². The summed E-state index contributed by atoms with van der Waals surface area (Å²) in [6.45, 7) is 5.07. The number of hydrogen-bond donors (Lipinski definition) is 1. The molecule has 0 bridgehead atoms. The summed E-state index contributed by atoms with van der Waals surface area (Å²) in [5.74, 6) is 0.496. The summed E-state index contributed by atoms with van der Waals surface area (Å²) in [5.41, 5.74) is -0.111. The fourth-order valence-corrected chi connectivity index (χ4v) is 3.42. The third-order valence-corrected chi connectivity index (χ3v) is 4.45. The first-order valence-electron chi connectivity index (χ1n) is 7.96. The van der Waals surface area contributed by atoms with Crippen LogP contribution in [0, 0.1) is 5.92 Å². The molecule has 2 aliphatic rings. The van der Waals surface area contributed by atoms with E-state index in [4.69, 9.17) is 14.2 Å². The predicted octanol–water partition coefficient (Wildman–Crippen LogP) is 2.22. The van der Waals surface area contributed by atoms with E-state index in [9.17, 15) is 8.78 Å². The molecule has 4 nitrogen and oxygen atoms in total. The van der Waals surface area contributed by atoms with Crippen molar-refractivity contribution >= 4 is 0 Å². The zero-order chi connectivity index (χ0) is 15.1. The van der Waals surface area contributed by atoms with E-state index in [1.165, 1.54) is 0 Å². The molecule has 3 unspecified atom stereocenters. The first-order chi connectivity index (χ1) is 10.2. The van der Waals surface area contributed by atoms with Gasteiger partial charge in [0.2, 0.25) is 0 Å². The number of nitrogens with one attached hydrogen (secondary N) is 1. The SMILES string of the molecule is CCNC(CCOCC(F)F)C1CCOC2(CCOC2)C1. The first kappa shape index (κ1) is 17.1. The van der Waals surface area contributed by atoms with Gasteiger partial charge in [0, 0.05) is 32.3 Å². The van der Waals surface area contributed by atoms with E-state index in [0.717, 1.165) is 45.4 Å². The van der Waals surface area contributed by atoms with Gasteiger partial charge in [0.1, 0.15) is 6.61 Å². The number of ether oxygens (including phenoxy) is 3. The molecule has 2 rings (SSSR count). The molecule has 0 radical (unpaired) electrons. The van der Waals surface area contributed by atoms with Gasteiger partial charge in [-0.05, 0) is 31.7 Å². The highest BCUT2D eigenvalue weighted by Crippen LogP contribution is 2.37. The van der Waals surface area contributed by atoms with Crippen LogP contribution in [-0.2, 0) is 14.2 Å². The Labute approximate surface area is 125 Å². The Hall–Kier alpha value is -0.300. The summed E-state index contributed by atoms with van der Waals surface area (Å²) in [4.78, 5) is 0. The van der Waals surface area contributed by atoms with E-state index in [1.54, 1.807) is 0 Å². The van der Waals surface area contributed by atoms with Gasteiger partial charge in [0.25, 0.3) is 6.43 Å². The molecule has 21 heavy (non-hydrogen) atoms. The van der Waals surface area contributed by atoms with E-state index in [1.807, 2.05) is 0 Å². The number of hydrogen-bond acceptors (Lipinski definition) is 4. The standard InChI is InChI=1S/C15H27F2NO3/c1-2-18-13(4-6-19-10-14(16)17)12-3-7-21-15(9-12)5-8-20-11-15/h12-14,18H,2-11H2,1H3. The number of alkyl halides is 2. The molecule has 6 heteroatoms. The van der Waals surface area contributed by atoms with Crippen LogP contribution >= 0.6 is 0 Å². The van der Waals surface area contributed by atoms with Crippen LogP contribution in [-0.4, -0.2) is 57.6 Å². The number of rotatable bonds is 8. The molecule has 124 valence electrons. The lowest BCUT2D eigenvalue weighted by Crippen LogP contribution is -2.47. The molecule has 3 atom stereocenters. The first-order valence-corrected chi connectivity index (χ1v) is 7.96. The Morgan fingerprint density at radius 3 is 2.90 bits per heavy atom. The van der Waals surface area contributed by atoms with Crippen molar-refractivity contribution in [2.24, 2.45) is 5.92 Å². The molecule has 0 saturated carbocycles. The molecule has 2 heterocycles. The van der Waals surface area contributed by atoms with E-state index < -0.39 is 13.0 Å². The molecular weight excluding hydrogens is 280 g/mol. The molecule has 2 saturated heterocycles. The lowest BCUT2D eigenvalue weighted by Gasteiger charge is -2.40. The second kappa shape index (κ2) is 8.36. The Balaban J connectivity index is 1.81. The summed E-state index contributed by atoms with van der Waals surface area (Å²) < 4.78 is 40.7. The smallest absolute Gasteiger partial charge is 0.261 e. The van der Waals surface area contributed by atoms with Crippen molar-refractivity contribution in [1.29, 1.82) is 0 Å². The molecule has 2 fully saturated rings. The minimum atomic E-state index is -2.38. The average molecular weight is 307 g/mol. The molecular formula is C15H27F2NO3. The second-order valence-electron chi connectivity index (χ2n) is 6.01. The average Bonchev–Trinajstić information content (AvgIpc) is 2.90. The monoisotopic (exact) mass is 307 g/mol. The van der Waals surface area contributed by atoms with Gasteiger partial charge in [-0.1, -0.05) is 6.92 Å². The maximum Gasteiger partial charge on any atom is 0.261 e. The molecule has 0 aliphatic carbocycles. The van der Waals surface area contributed by atoms with E-state index >= 15 is 0 Å². The van der Waals surface area contributed by atoms with Crippen molar-refractivity contribution in [3.05, 3.63) is 0 Å². The molecule has 0 aromatic rings. The molecule has 1 N–H and O–H groups in total. The Morgan fingerprint density at radius 2 is 2.24 bits per heavy atom. The zero-order valence-corrected chi connectivity index (χ0v) is 12.8. The van der Waals surface area contributed by atoms with Crippen LogP contribution in [0.1, 0.15) is 32.6 Å². The Kier molecular flexibility index (Phi) is 6.79. The van der Waals surface area contributed by atoms with Gasteiger partial charge in [-0.15, -0.1) is 0 Å². The van der Waals surface area contributed by atoms with Crippen LogP contribution in [0.2, 0.25) is 0 Å². The maximum atomic E-state index is 12.1. The summed E-state index contributed by atoms with van der Waals surface area (Å²) in [5, 5.41) is 3.48. The normalized spacial score (nSPS) is 31.1. The second-order valence-corrected chi connectivity index (χ2v) is 6.01. The van der Waals surface area contributed by atoms with Gasteiger partial charge in [-0.25, -0.2) is 8.78 Å². The van der Waals surface area contributed by atoms with E-state index in [2.05, 4.69) is 12.2 Å². The van der Waals surface area contributed by atoms with Gasteiger partial charge in [0.15, 0.2) is 0 Å². The van der Waals surface area contributed by atoms with Crippen molar-refractivity contribution in [3.8, 4) is 0 Å². The largest absolute Gasteiger partial charge is 0.378 e. The minimum Gasteiger partial charge on any atom is -0.378 e. The fourth-order valence-electron chi connectivity index (χ4n) is 3.42.